The first-order valence-electron chi connectivity index (χ1n) is 10.6. The number of halogens is 2. The smallest absolute Gasteiger partial charge is 0.250 e. The molecule has 0 bridgehead atoms. The average Bonchev–Trinajstić information content (AvgIpc) is 2.87. The van der Waals surface area contributed by atoms with Gasteiger partial charge in [-0.05, 0) is 98.1 Å². The number of primary sulfonamides is 1. The maximum Gasteiger partial charge on any atom is 0.250 e. The number of benzene rings is 3. The van der Waals surface area contributed by atoms with E-state index >= 15 is 0 Å². The molecule has 4 aromatic rings. The zero-order valence-electron chi connectivity index (χ0n) is 19.6. The van der Waals surface area contributed by atoms with Gasteiger partial charge in [-0.3, -0.25) is 0 Å². The molecular weight excluding hydrogens is 644 g/mol. The van der Waals surface area contributed by atoms with Crippen LogP contribution in [0.2, 0.25) is 0 Å². The van der Waals surface area contributed by atoms with Crippen molar-refractivity contribution in [3.63, 3.8) is 0 Å². The van der Waals surface area contributed by atoms with Crippen molar-refractivity contribution < 1.29 is 18.3 Å². The van der Waals surface area contributed by atoms with Crippen molar-refractivity contribution in [1.29, 1.82) is 0 Å². The molecule has 0 atom stereocenters. The summed E-state index contributed by atoms with van der Waals surface area (Å²) in [5.41, 5.74) is 4.68. The minimum Gasteiger partial charge on any atom is -0.506 e. The number of nitrogens with one attached hydrogen (secondary N) is 3. The first kappa shape index (κ1) is 27.3. The van der Waals surface area contributed by atoms with Crippen LogP contribution in [0, 0.1) is 0 Å². The molecule has 0 aliphatic rings. The average molecular weight is 664 g/mol. The van der Waals surface area contributed by atoms with E-state index in [0.29, 0.717) is 31.6 Å². The van der Waals surface area contributed by atoms with Gasteiger partial charge in [0.1, 0.15) is 11.5 Å². The van der Waals surface area contributed by atoms with Crippen molar-refractivity contribution in [3.8, 4) is 11.5 Å². The number of rotatable bonds is 9. The Labute approximate surface area is 234 Å². The summed E-state index contributed by atoms with van der Waals surface area (Å²) in [5, 5.41) is 25.3. The SMILES string of the molecule is COc1ccc(Nc2nc(N/N=C/c3cc(Br)c(O)c(Br)c3)nc(Nc3ccc(S(N)(=O)=O)cc3)n2)cc1. The second-order valence-electron chi connectivity index (χ2n) is 7.56. The number of nitrogens with two attached hydrogens (primary N) is 1. The molecule has 0 aliphatic heterocycles. The Kier molecular flexibility index (Phi) is 8.41. The summed E-state index contributed by atoms with van der Waals surface area (Å²) in [7, 11) is -2.24. The van der Waals surface area contributed by atoms with E-state index in [0.717, 1.165) is 0 Å². The van der Waals surface area contributed by atoms with E-state index in [4.69, 9.17) is 9.88 Å². The third-order valence-corrected chi connectivity index (χ3v) is 6.98. The fraction of sp³-hybridized carbons (Fsp3) is 0.0435. The number of nitrogens with zero attached hydrogens (tertiary/aromatic N) is 4. The number of hydrogen-bond donors (Lipinski definition) is 5. The van der Waals surface area contributed by atoms with Crippen LogP contribution in [0.5, 0.6) is 11.5 Å². The molecular formula is C23H20Br2N8O4S. The van der Waals surface area contributed by atoms with Crippen LogP contribution in [0.3, 0.4) is 0 Å². The van der Waals surface area contributed by atoms with Gasteiger partial charge in [0.2, 0.25) is 27.9 Å². The van der Waals surface area contributed by atoms with Gasteiger partial charge in [-0.25, -0.2) is 19.0 Å². The van der Waals surface area contributed by atoms with E-state index in [2.05, 4.69) is 68.0 Å². The molecule has 0 amide bonds. The van der Waals surface area contributed by atoms with E-state index < -0.39 is 10.0 Å². The summed E-state index contributed by atoms with van der Waals surface area (Å²) in [6, 6.07) is 16.3. The Hall–Kier alpha value is -3.79. The number of phenolic OH excluding ortho intramolecular Hbond substituents is 1. The van der Waals surface area contributed by atoms with Crippen LogP contribution in [0.15, 0.2) is 79.6 Å². The van der Waals surface area contributed by atoms with Crippen molar-refractivity contribution in [2.24, 2.45) is 10.2 Å². The van der Waals surface area contributed by atoms with Crippen LogP contribution in [0.1, 0.15) is 5.56 Å². The molecule has 0 fully saturated rings. The highest BCUT2D eigenvalue weighted by atomic mass is 79.9. The molecule has 38 heavy (non-hydrogen) atoms. The number of hydrogen-bond acceptors (Lipinski definition) is 11. The Bertz CT molecular complexity index is 1560. The van der Waals surface area contributed by atoms with E-state index in [1.165, 1.54) is 30.5 Å². The molecule has 196 valence electrons. The van der Waals surface area contributed by atoms with Gasteiger partial charge in [0, 0.05) is 11.4 Å². The predicted octanol–water partition coefficient (Wildman–Crippen LogP) is 4.69. The van der Waals surface area contributed by atoms with E-state index in [9.17, 15) is 13.5 Å². The third-order valence-electron chi connectivity index (χ3n) is 4.84. The van der Waals surface area contributed by atoms with Crippen molar-refractivity contribution in [3.05, 3.63) is 75.2 Å². The standard InChI is InChI=1S/C23H20Br2N8O4S/c1-37-16-6-2-14(3-7-16)28-21-30-22(29-15-4-8-17(9-5-15)38(26,35)36)32-23(31-21)33-27-12-13-10-18(24)20(34)19(25)11-13/h2-12,34H,1H3,(H2,26,35,36)(H3,28,29,30,31,32,33)/b27-12+. The fourth-order valence-corrected chi connectivity index (χ4v) is 4.76. The first-order valence-corrected chi connectivity index (χ1v) is 13.8. The molecule has 0 saturated heterocycles. The molecule has 0 saturated carbocycles. The Morgan fingerprint density at radius 3 is 1.89 bits per heavy atom. The quantitative estimate of drug-likeness (QED) is 0.125. The third kappa shape index (κ3) is 7.16. The maximum atomic E-state index is 11.5. The highest BCUT2D eigenvalue weighted by Gasteiger charge is 2.10. The summed E-state index contributed by atoms with van der Waals surface area (Å²) in [5.74, 6) is 1.26. The highest BCUT2D eigenvalue weighted by molar-refractivity contribution is 9.11. The van der Waals surface area contributed by atoms with Gasteiger partial charge in [-0.15, -0.1) is 0 Å². The molecule has 0 radical (unpaired) electrons. The summed E-state index contributed by atoms with van der Waals surface area (Å²) in [6.07, 6.45) is 1.52. The van der Waals surface area contributed by atoms with Gasteiger partial charge >= 0.3 is 0 Å². The molecule has 1 aromatic heterocycles. The minimum atomic E-state index is -3.82. The lowest BCUT2D eigenvalue weighted by Gasteiger charge is -2.11. The Morgan fingerprint density at radius 1 is 0.895 bits per heavy atom. The van der Waals surface area contributed by atoms with Gasteiger partial charge in [-0.1, -0.05) is 0 Å². The molecule has 0 spiro atoms. The lowest BCUT2D eigenvalue weighted by atomic mass is 10.2. The summed E-state index contributed by atoms with van der Waals surface area (Å²) in [6.45, 7) is 0. The molecule has 4 rings (SSSR count). The molecule has 15 heteroatoms. The lowest BCUT2D eigenvalue weighted by molar-refractivity contribution is 0.415. The number of hydrazone groups is 1. The van der Waals surface area contributed by atoms with Crippen LogP contribution < -0.4 is 25.9 Å². The second kappa shape index (κ2) is 11.7. The number of methoxy groups -OCH3 is 1. The monoisotopic (exact) mass is 662 g/mol. The van der Waals surface area contributed by atoms with Gasteiger partial charge in [-0.2, -0.15) is 20.1 Å². The molecule has 6 N–H and O–H groups in total. The molecule has 0 aliphatic carbocycles. The number of aromatic hydroxyl groups is 1. The van der Waals surface area contributed by atoms with Gasteiger partial charge < -0.3 is 20.5 Å². The zero-order valence-corrected chi connectivity index (χ0v) is 23.5. The number of aromatic nitrogens is 3. The molecule has 3 aromatic carbocycles. The number of phenols is 1. The first-order chi connectivity index (χ1) is 18.1. The molecule has 0 unspecified atom stereocenters. The lowest BCUT2D eigenvalue weighted by Crippen LogP contribution is -2.12. The second-order valence-corrected chi connectivity index (χ2v) is 10.8. The zero-order chi connectivity index (χ0) is 27.3. The molecule has 12 nitrogen and oxygen atoms in total. The van der Waals surface area contributed by atoms with Crippen LogP contribution in [-0.4, -0.2) is 41.8 Å². The number of anilines is 5. The van der Waals surface area contributed by atoms with Gasteiger partial charge in [0.15, 0.2) is 0 Å². The summed E-state index contributed by atoms with van der Waals surface area (Å²) >= 11 is 6.56. The van der Waals surface area contributed by atoms with Crippen LogP contribution in [0.25, 0.3) is 0 Å². The maximum absolute atomic E-state index is 11.5. The Morgan fingerprint density at radius 2 is 1.39 bits per heavy atom. The van der Waals surface area contributed by atoms with Crippen molar-refractivity contribution in [2.75, 3.05) is 23.2 Å². The van der Waals surface area contributed by atoms with Gasteiger partial charge in [0.05, 0.1) is 27.2 Å². The van der Waals surface area contributed by atoms with E-state index in [1.807, 2.05) is 0 Å². The van der Waals surface area contributed by atoms with E-state index in [-0.39, 0.29) is 28.5 Å². The van der Waals surface area contributed by atoms with Crippen LogP contribution in [0.4, 0.5) is 29.2 Å². The largest absolute Gasteiger partial charge is 0.506 e. The number of ether oxygens (including phenoxy) is 1. The van der Waals surface area contributed by atoms with Crippen molar-refractivity contribution in [2.45, 2.75) is 4.90 Å². The van der Waals surface area contributed by atoms with Crippen molar-refractivity contribution >= 4 is 77.3 Å². The highest BCUT2D eigenvalue weighted by Crippen LogP contribution is 2.32. The summed E-state index contributed by atoms with van der Waals surface area (Å²) < 4.78 is 29.2. The molecule has 1 heterocycles. The minimum absolute atomic E-state index is 0.0234. The van der Waals surface area contributed by atoms with Gasteiger partial charge in [0.25, 0.3) is 0 Å². The summed E-state index contributed by atoms with van der Waals surface area (Å²) in [4.78, 5) is 13.0. The van der Waals surface area contributed by atoms with E-state index in [1.54, 1.807) is 43.5 Å². The normalized spacial score (nSPS) is 11.4. The van der Waals surface area contributed by atoms with Crippen LogP contribution >= 0.6 is 31.9 Å². The van der Waals surface area contributed by atoms with Crippen molar-refractivity contribution in [1.82, 2.24) is 15.0 Å². The topological polar surface area (TPSA) is 177 Å². The Balaban J connectivity index is 1.60. The number of sulfonamides is 1. The van der Waals surface area contributed by atoms with Crippen LogP contribution in [-0.2, 0) is 10.0 Å². The predicted molar refractivity (Wildman–Crippen MR) is 152 cm³/mol. The fourth-order valence-electron chi connectivity index (χ4n) is 3.02.